The number of hydrogen-bond donors (Lipinski definition) is 1. The molecule has 1 unspecified atom stereocenters. The first kappa shape index (κ1) is 23.7. The van der Waals surface area contributed by atoms with Gasteiger partial charge >= 0.3 is 0 Å². The largest absolute Gasteiger partial charge is 0.483 e. The SMILES string of the molecule is C[C@@H]1CN(Cc2ccc(F)cc2)[C@@H](C)CN1C(=O)COc1ccc(Cl)cc1C[PH](=O)O. The molecule has 1 fully saturated rings. The van der Waals surface area contributed by atoms with Crippen molar-refractivity contribution in [2.75, 3.05) is 19.7 Å². The minimum atomic E-state index is -2.74. The summed E-state index contributed by atoms with van der Waals surface area (Å²) in [6, 6.07) is 11.4. The highest BCUT2D eigenvalue weighted by atomic mass is 35.5. The van der Waals surface area contributed by atoms with Crippen LogP contribution in [0.4, 0.5) is 4.39 Å². The van der Waals surface area contributed by atoms with E-state index >= 15 is 0 Å². The predicted octanol–water partition coefficient (Wildman–Crippen LogP) is 3.95. The van der Waals surface area contributed by atoms with Gasteiger partial charge in [0.1, 0.15) is 11.6 Å². The van der Waals surface area contributed by atoms with E-state index in [-0.39, 0.29) is 36.6 Å². The van der Waals surface area contributed by atoms with Gasteiger partial charge in [-0.3, -0.25) is 14.3 Å². The number of carbonyl (C=O) groups excluding carboxylic acids is 1. The first-order chi connectivity index (χ1) is 14.7. The van der Waals surface area contributed by atoms with Gasteiger partial charge in [-0.15, -0.1) is 0 Å². The molecule has 3 rings (SSSR count). The average molecular weight is 469 g/mol. The van der Waals surface area contributed by atoms with Crippen LogP contribution in [0.5, 0.6) is 5.75 Å². The first-order valence-electron chi connectivity index (χ1n) is 10.1. The molecule has 31 heavy (non-hydrogen) atoms. The summed E-state index contributed by atoms with van der Waals surface area (Å²) in [4.78, 5) is 26.2. The molecule has 0 aliphatic carbocycles. The molecule has 1 N–H and O–H groups in total. The van der Waals surface area contributed by atoms with Crippen LogP contribution in [-0.4, -0.2) is 52.4 Å². The van der Waals surface area contributed by atoms with Gasteiger partial charge in [0.05, 0.1) is 6.16 Å². The highest BCUT2D eigenvalue weighted by Crippen LogP contribution is 2.31. The third kappa shape index (κ3) is 6.53. The topological polar surface area (TPSA) is 70.1 Å². The Labute approximate surface area is 187 Å². The van der Waals surface area contributed by atoms with E-state index in [1.807, 2.05) is 6.92 Å². The number of halogens is 2. The molecule has 0 aromatic heterocycles. The number of piperazine rings is 1. The summed E-state index contributed by atoms with van der Waals surface area (Å²) < 4.78 is 30.1. The van der Waals surface area contributed by atoms with Crippen molar-refractivity contribution < 1.29 is 23.4 Å². The minimum Gasteiger partial charge on any atom is -0.483 e. The second-order valence-electron chi connectivity index (χ2n) is 7.91. The van der Waals surface area contributed by atoms with E-state index < -0.39 is 8.03 Å². The molecular formula is C22H27ClFN2O4P. The fourth-order valence-corrected chi connectivity index (χ4v) is 4.60. The van der Waals surface area contributed by atoms with Crippen LogP contribution < -0.4 is 4.74 Å². The van der Waals surface area contributed by atoms with E-state index in [4.69, 9.17) is 16.3 Å². The van der Waals surface area contributed by atoms with E-state index in [0.717, 1.165) is 5.56 Å². The van der Waals surface area contributed by atoms with E-state index in [1.165, 1.54) is 12.1 Å². The molecule has 9 heteroatoms. The molecule has 2 aromatic carbocycles. The van der Waals surface area contributed by atoms with Gasteiger partial charge in [0.2, 0.25) is 0 Å². The standard InChI is InChI=1S/C22H27ClFN2O4P/c1-15-11-26(16(2)10-25(15)12-17-3-6-20(24)7-4-17)22(27)13-30-21-8-5-19(23)9-18(21)14-31(28)29/h3-9,15-16,31H,10-14H2,1-2H3,(H,28,29)/t15-,16+/m0/s1. The van der Waals surface area contributed by atoms with Gasteiger partial charge in [-0.05, 0) is 49.7 Å². The van der Waals surface area contributed by atoms with Gasteiger partial charge in [-0.2, -0.15) is 0 Å². The van der Waals surface area contributed by atoms with Crippen LogP contribution in [0.3, 0.4) is 0 Å². The number of carbonyl (C=O) groups is 1. The lowest BCUT2D eigenvalue weighted by Gasteiger charge is -2.44. The van der Waals surface area contributed by atoms with E-state index in [1.54, 1.807) is 35.2 Å². The summed E-state index contributed by atoms with van der Waals surface area (Å²) in [6.45, 7) is 5.85. The molecule has 0 bridgehead atoms. The lowest BCUT2D eigenvalue weighted by molar-refractivity contribution is -0.139. The maximum Gasteiger partial charge on any atom is 0.260 e. The van der Waals surface area contributed by atoms with Gasteiger partial charge in [-0.1, -0.05) is 23.7 Å². The smallest absolute Gasteiger partial charge is 0.260 e. The van der Waals surface area contributed by atoms with Crippen LogP contribution in [0, 0.1) is 5.82 Å². The molecule has 3 atom stereocenters. The predicted molar refractivity (Wildman–Crippen MR) is 119 cm³/mol. The number of nitrogens with zero attached hydrogens (tertiary/aromatic N) is 2. The molecule has 0 spiro atoms. The number of hydrogen-bond acceptors (Lipinski definition) is 4. The summed E-state index contributed by atoms with van der Waals surface area (Å²) in [6.07, 6.45) is -0.0513. The lowest BCUT2D eigenvalue weighted by Crippen LogP contribution is -2.58. The fraction of sp³-hybridized carbons (Fsp3) is 0.409. The van der Waals surface area contributed by atoms with Crippen LogP contribution >= 0.6 is 19.6 Å². The molecule has 1 heterocycles. The molecule has 1 aliphatic heterocycles. The van der Waals surface area contributed by atoms with Gasteiger partial charge in [0.25, 0.3) is 5.91 Å². The summed E-state index contributed by atoms with van der Waals surface area (Å²) in [5, 5.41) is 0.441. The first-order valence-corrected chi connectivity index (χ1v) is 12.1. The molecule has 2 aromatic rings. The monoisotopic (exact) mass is 468 g/mol. The van der Waals surface area contributed by atoms with Crippen molar-refractivity contribution in [3.63, 3.8) is 0 Å². The van der Waals surface area contributed by atoms with Gasteiger partial charge in [0, 0.05) is 42.3 Å². The number of ether oxygens (including phenoxy) is 1. The number of benzene rings is 2. The molecule has 168 valence electrons. The Morgan fingerprint density at radius 3 is 2.58 bits per heavy atom. The summed E-state index contributed by atoms with van der Waals surface area (Å²) in [7, 11) is -2.74. The van der Waals surface area contributed by atoms with E-state index in [0.29, 0.717) is 36.0 Å². The van der Waals surface area contributed by atoms with Crippen molar-refractivity contribution in [2.24, 2.45) is 0 Å². The third-order valence-electron chi connectivity index (χ3n) is 5.45. The highest BCUT2D eigenvalue weighted by Gasteiger charge is 2.32. The normalized spacial score (nSPS) is 20.5. The fourth-order valence-electron chi connectivity index (χ4n) is 3.80. The zero-order valence-corrected chi connectivity index (χ0v) is 19.3. The van der Waals surface area contributed by atoms with Crippen molar-refractivity contribution in [3.8, 4) is 5.75 Å². The average Bonchev–Trinajstić information content (AvgIpc) is 2.71. The summed E-state index contributed by atoms with van der Waals surface area (Å²) in [5.74, 6) is -0.00459. The van der Waals surface area contributed by atoms with Crippen molar-refractivity contribution in [1.82, 2.24) is 9.80 Å². The third-order valence-corrected chi connectivity index (χ3v) is 6.37. The van der Waals surface area contributed by atoms with Crippen LogP contribution in [0.25, 0.3) is 0 Å². The zero-order valence-electron chi connectivity index (χ0n) is 17.6. The Hall–Kier alpha value is -1.92. The van der Waals surface area contributed by atoms with Crippen molar-refractivity contribution in [3.05, 3.63) is 64.4 Å². The molecule has 0 radical (unpaired) electrons. The van der Waals surface area contributed by atoms with Crippen LogP contribution in [0.1, 0.15) is 25.0 Å². The molecule has 1 amide bonds. The lowest BCUT2D eigenvalue weighted by atomic mass is 10.1. The maximum atomic E-state index is 13.1. The summed E-state index contributed by atoms with van der Waals surface area (Å²) in [5.41, 5.74) is 1.54. The van der Waals surface area contributed by atoms with Crippen molar-refractivity contribution in [2.45, 2.75) is 38.6 Å². The molecule has 0 saturated carbocycles. The van der Waals surface area contributed by atoms with Gasteiger partial charge in [-0.25, -0.2) is 4.39 Å². The quantitative estimate of drug-likeness (QED) is 0.623. The van der Waals surface area contributed by atoms with Crippen LogP contribution in [0.15, 0.2) is 42.5 Å². The molecule has 1 aliphatic rings. The Bertz CT molecular complexity index is 944. The van der Waals surface area contributed by atoms with E-state index in [2.05, 4.69) is 11.8 Å². The Morgan fingerprint density at radius 1 is 1.19 bits per heavy atom. The maximum absolute atomic E-state index is 13.1. The van der Waals surface area contributed by atoms with Gasteiger partial charge in [0.15, 0.2) is 14.6 Å². The second-order valence-corrected chi connectivity index (χ2v) is 9.49. The van der Waals surface area contributed by atoms with Gasteiger partial charge < -0.3 is 14.5 Å². The number of amides is 1. The molecule has 1 saturated heterocycles. The Kier molecular flexibility index (Phi) is 8.11. The van der Waals surface area contributed by atoms with E-state index in [9.17, 15) is 18.6 Å². The number of rotatable bonds is 7. The zero-order chi connectivity index (χ0) is 22.5. The Morgan fingerprint density at radius 2 is 1.90 bits per heavy atom. The molecule has 6 nitrogen and oxygen atoms in total. The molecular weight excluding hydrogens is 442 g/mol. The highest BCUT2D eigenvalue weighted by molar-refractivity contribution is 7.37. The van der Waals surface area contributed by atoms with Crippen LogP contribution in [-0.2, 0) is 22.1 Å². The minimum absolute atomic E-state index is 0.00803. The van der Waals surface area contributed by atoms with Crippen molar-refractivity contribution >= 4 is 25.5 Å². The Balaban J connectivity index is 1.59. The van der Waals surface area contributed by atoms with Crippen molar-refractivity contribution in [1.29, 1.82) is 0 Å². The second kappa shape index (κ2) is 10.6. The van der Waals surface area contributed by atoms with Crippen LogP contribution in [0.2, 0.25) is 5.02 Å². The summed E-state index contributed by atoms with van der Waals surface area (Å²) >= 11 is 5.97.